The summed E-state index contributed by atoms with van der Waals surface area (Å²) in [6.07, 6.45) is -0.567. The highest BCUT2D eigenvalue weighted by Gasteiger charge is 2.34. The molecule has 0 heterocycles. The molecule has 0 aromatic rings. The number of nitrogens with one attached hydrogen (secondary N) is 1. The van der Waals surface area contributed by atoms with Gasteiger partial charge in [-0.3, -0.25) is 10.6 Å². The first kappa shape index (κ1) is 21.3. The molecule has 1 rings (SSSR count). The van der Waals surface area contributed by atoms with Crippen LogP contribution in [0.4, 0.5) is 13.2 Å². The van der Waals surface area contributed by atoms with Crippen LogP contribution in [0.5, 0.6) is 0 Å². The number of carbonyl (C=O) groups excluding carboxylic acids is 1. The number of nitrogens with zero attached hydrogens (tertiary/aromatic N) is 1. The number of rotatable bonds is 7. The molecule has 1 amide bonds. The molecule has 0 aromatic heterocycles. The molecule has 0 aromatic carbocycles. The average molecular weight is 359 g/mol. The van der Waals surface area contributed by atoms with Crippen molar-refractivity contribution in [2.75, 3.05) is 13.1 Å². The smallest absolute Gasteiger partial charge is 0.343 e. The molecule has 1 aliphatic rings. The fourth-order valence-corrected chi connectivity index (χ4v) is 3.09. The minimum absolute atomic E-state index is 0.0281. The number of allylic oxidation sites excluding steroid dienone is 5. The number of nitrogens with two attached hydrogens (primary N) is 1. The van der Waals surface area contributed by atoms with E-state index in [1.807, 2.05) is 13.8 Å². The molecule has 4 nitrogen and oxygen atoms in total. The van der Waals surface area contributed by atoms with Crippen molar-refractivity contribution < 1.29 is 18.0 Å². The summed E-state index contributed by atoms with van der Waals surface area (Å²) in [4.78, 5) is 13.3. The Morgan fingerprint density at radius 3 is 2.48 bits per heavy atom. The summed E-state index contributed by atoms with van der Waals surface area (Å²) < 4.78 is 39.8. The van der Waals surface area contributed by atoms with E-state index in [0.29, 0.717) is 37.2 Å². The Bertz CT molecular complexity index is 577. The summed E-state index contributed by atoms with van der Waals surface area (Å²) in [5.41, 5.74) is 3.80. The highest BCUT2D eigenvalue weighted by molar-refractivity contribution is 5.73. The van der Waals surface area contributed by atoms with Crippen molar-refractivity contribution in [3.63, 3.8) is 0 Å². The number of amides is 1. The number of alkyl halides is 3. The van der Waals surface area contributed by atoms with E-state index >= 15 is 0 Å². The summed E-state index contributed by atoms with van der Waals surface area (Å²) >= 11 is 0. The lowest BCUT2D eigenvalue weighted by atomic mass is 9.87. The summed E-state index contributed by atoms with van der Waals surface area (Å²) in [5, 5.41) is 0. The van der Waals surface area contributed by atoms with Gasteiger partial charge in [0.05, 0.1) is 0 Å². The zero-order valence-corrected chi connectivity index (χ0v) is 15.3. The molecule has 0 spiro atoms. The van der Waals surface area contributed by atoms with E-state index in [2.05, 4.69) is 5.43 Å². The van der Waals surface area contributed by atoms with Crippen molar-refractivity contribution in [3.8, 4) is 0 Å². The molecule has 0 radical (unpaired) electrons. The average Bonchev–Trinajstić information content (AvgIpc) is 2.70. The maximum Gasteiger partial charge on any atom is 0.413 e. The zero-order chi connectivity index (χ0) is 19.2. The molecule has 0 bridgehead atoms. The molecule has 142 valence electrons. The van der Waals surface area contributed by atoms with E-state index in [1.165, 1.54) is 19.1 Å². The van der Waals surface area contributed by atoms with Gasteiger partial charge < -0.3 is 10.3 Å². The highest BCUT2D eigenvalue weighted by atomic mass is 19.4. The second kappa shape index (κ2) is 9.08. The SMILES string of the molecule is CCC(CCN(CC)C(C)=O)C1=C(C)C(NN)=CCC(C(F)(F)F)=C1. The van der Waals surface area contributed by atoms with Gasteiger partial charge in [0.15, 0.2) is 0 Å². The van der Waals surface area contributed by atoms with Crippen LogP contribution >= 0.6 is 0 Å². The molecule has 0 saturated heterocycles. The van der Waals surface area contributed by atoms with E-state index in [4.69, 9.17) is 5.84 Å². The predicted octanol–water partition coefficient (Wildman–Crippen LogP) is 3.83. The number of carbonyl (C=O) groups is 1. The lowest BCUT2D eigenvalue weighted by Gasteiger charge is -2.25. The molecule has 25 heavy (non-hydrogen) atoms. The summed E-state index contributed by atoms with van der Waals surface area (Å²) in [6.45, 7) is 8.22. The maximum absolute atomic E-state index is 13.3. The number of halogens is 3. The third-order valence-corrected chi connectivity index (χ3v) is 4.72. The van der Waals surface area contributed by atoms with E-state index < -0.39 is 11.7 Å². The third-order valence-electron chi connectivity index (χ3n) is 4.72. The molecule has 1 unspecified atom stereocenters. The third kappa shape index (κ3) is 5.63. The summed E-state index contributed by atoms with van der Waals surface area (Å²) in [6, 6.07) is 0. The number of hydrogen-bond donors (Lipinski definition) is 2. The van der Waals surface area contributed by atoms with Crippen molar-refractivity contribution in [1.29, 1.82) is 0 Å². The minimum Gasteiger partial charge on any atom is -0.343 e. The van der Waals surface area contributed by atoms with Crippen LogP contribution in [0.1, 0.15) is 47.0 Å². The largest absolute Gasteiger partial charge is 0.413 e. The van der Waals surface area contributed by atoms with Crippen molar-refractivity contribution in [2.45, 2.75) is 53.1 Å². The Balaban J connectivity index is 3.19. The quantitative estimate of drug-likeness (QED) is 0.537. The first-order valence-electron chi connectivity index (χ1n) is 8.56. The van der Waals surface area contributed by atoms with Gasteiger partial charge in [0.25, 0.3) is 0 Å². The van der Waals surface area contributed by atoms with Crippen LogP contribution in [0.25, 0.3) is 0 Å². The van der Waals surface area contributed by atoms with Crippen molar-refractivity contribution in [1.82, 2.24) is 10.3 Å². The second-order valence-corrected chi connectivity index (χ2v) is 6.21. The van der Waals surface area contributed by atoms with Crippen LogP contribution in [0.2, 0.25) is 0 Å². The Morgan fingerprint density at radius 1 is 1.40 bits per heavy atom. The van der Waals surface area contributed by atoms with Gasteiger partial charge >= 0.3 is 6.18 Å². The highest BCUT2D eigenvalue weighted by Crippen LogP contribution is 2.36. The minimum atomic E-state index is -4.38. The molecule has 0 saturated carbocycles. The van der Waals surface area contributed by atoms with Crippen LogP contribution in [0.3, 0.4) is 0 Å². The van der Waals surface area contributed by atoms with Gasteiger partial charge in [-0.15, -0.1) is 0 Å². The lowest BCUT2D eigenvalue weighted by Crippen LogP contribution is -2.31. The van der Waals surface area contributed by atoms with Crippen LogP contribution in [-0.4, -0.2) is 30.1 Å². The first-order valence-corrected chi connectivity index (χ1v) is 8.56. The van der Waals surface area contributed by atoms with Crippen LogP contribution < -0.4 is 11.3 Å². The molecular weight excluding hydrogens is 331 g/mol. The van der Waals surface area contributed by atoms with Crippen molar-refractivity contribution in [2.24, 2.45) is 11.8 Å². The first-order chi connectivity index (χ1) is 11.6. The predicted molar refractivity (Wildman–Crippen MR) is 93.2 cm³/mol. The summed E-state index contributed by atoms with van der Waals surface area (Å²) in [5.74, 6) is 5.38. The van der Waals surface area contributed by atoms with Crippen LogP contribution in [0, 0.1) is 5.92 Å². The van der Waals surface area contributed by atoms with Gasteiger partial charge in [-0.1, -0.05) is 13.0 Å². The molecular formula is C18H28F3N3O. The number of hydrazine groups is 1. The van der Waals surface area contributed by atoms with Gasteiger partial charge in [0.2, 0.25) is 5.91 Å². The van der Waals surface area contributed by atoms with E-state index in [1.54, 1.807) is 11.8 Å². The molecule has 0 fully saturated rings. The van der Waals surface area contributed by atoms with E-state index in [0.717, 1.165) is 5.57 Å². The van der Waals surface area contributed by atoms with Gasteiger partial charge in [-0.2, -0.15) is 13.2 Å². The van der Waals surface area contributed by atoms with Crippen molar-refractivity contribution in [3.05, 3.63) is 34.6 Å². The molecule has 7 heteroatoms. The topological polar surface area (TPSA) is 58.4 Å². The molecule has 1 atom stereocenters. The Kier molecular flexibility index (Phi) is 7.73. The molecule has 0 aliphatic heterocycles. The normalized spacial score (nSPS) is 16.8. The zero-order valence-electron chi connectivity index (χ0n) is 15.3. The van der Waals surface area contributed by atoms with Crippen LogP contribution in [0.15, 0.2) is 34.6 Å². The Morgan fingerprint density at radius 2 is 2.04 bits per heavy atom. The Hall–Kier alpha value is -1.76. The van der Waals surface area contributed by atoms with Crippen molar-refractivity contribution >= 4 is 5.91 Å². The van der Waals surface area contributed by atoms with Gasteiger partial charge in [0, 0.05) is 31.3 Å². The van der Waals surface area contributed by atoms with Gasteiger partial charge in [0.1, 0.15) is 0 Å². The van der Waals surface area contributed by atoms with Crippen LogP contribution in [-0.2, 0) is 4.79 Å². The Labute approximate surface area is 147 Å². The van der Waals surface area contributed by atoms with Gasteiger partial charge in [-0.25, -0.2) is 0 Å². The fourth-order valence-electron chi connectivity index (χ4n) is 3.09. The van der Waals surface area contributed by atoms with Gasteiger partial charge in [-0.05, 0) is 56.3 Å². The van der Waals surface area contributed by atoms with E-state index in [9.17, 15) is 18.0 Å². The standard InChI is InChI=1S/C18H28F3N3O/c1-5-14(9-10-24(6-2)13(4)25)16-11-15(18(19,20)21)7-8-17(23-22)12(16)3/h8,11,14,23H,5-7,9-10,22H2,1-4H3. The molecule has 1 aliphatic carbocycles. The number of hydrogen-bond acceptors (Lipinski definition) is 3. The van der Waals surface area contributed by atoms with E-state index in [-0.39, 0.29) is 18.2 Å². The second-order valence-electron chi connectivity index (χ2n) is 6.21. The summed E-state index contributed by atoms with van der Waals surface area (Å²) in [7, 11) is 0. The fraction of sp³-hybridized carbons (Fsp3) is 0.611. The monoisotopic (exact) mass is 359 g/mol. The molecule has 3 N–H and O–H groups in total. The maximum atomic E-state index is 13.3. The lowest BCUT2D eigenvalue weighted by molar-refractivity contribution is -0.128.